The summed E-state index contributed by atoms with van der Waals surface area (Å²) in [4.78, 5) is 27.9. The fraction of sp³-hybridized carbons (Fsp3) is 0.250. The molecule has 3 aliphatic rings. The van der Waals surface area contributed by atoms with E-state index in [-0.39, 0.29) is 35.5 Å². The van der Waals surface area contributed by atoms with Gasteiger partial charge in [-0.25, -0.2) is 4.90 Å². The summed E-state index contributed by atoms with van der Waals surface area (Å²) in [5, 5.41) is 0. The lowest BCUT2D eigenvalue weighted by Gasteiger charge is -2.20. The largest absolute Gasteiger partial charge is 0.274 e. The molecular weight excluding hydrogens is 334 g/mol. The molecule has 1 heterocycles. The van der Waals surface area contributed by atoms with Gasteiger partial charge in [0.25, 0.3) is 0 Å². The molecule has 0 unspecified atom stereocenters. The molecule has 1 saturated heterocycles. The van der Waals surface area contributed by atoms with Crippen molar-refractivity contribution in [2.24, 2.45) is 23.7 Å². The number of hydrogen-bond donors (Lipinski definition) is 0. The summed E-state index contributed by atoms with van der Waals surface area (Å²) in [7, 11) is 0. The van der Waals surface area contributed by atoms with E-state index in [1.54, 1.807) is 0 Å². The van der Waals surface area contributed by atoms with Crippen LogP contribution in [0.5, 0.6) is 0 Å². The molecule has 2 aromatic carbocycles. The van der Waals surface area contributed by atoms with Crippen LogP contribution in [0.1, 0.15) is 18.1 Å². The van der Waals surface area contributed by atoms with Gasteiger partial charge in [0.2, 0.25) is 11.8 Å². The maximum atomic E-state index is 13.2. The highest BCUT2D eigenvalue weighted by Gasteiger charge is 2.62. The van der Waals surface area contributed by atoms with Gasteiger partial charge < -0.3 is 0 Å². The molecule has 0 aromatic heterocycles. The van der Waals surface area contributed by atoms with Crippen molar-refractivity contribution in [3.8, 4) is 0 Å². The van der Waals surface area contributed by atoms with Crippen molar-refractivity contribution in [2.75, 3.05) is 4.90 Å². The Morgan fingerprint density at radius 1 is 0.815 bits per heavy atom. The quantitative estimate of drug-likeness (QED) is 0.592. The Hall–Kier alpha value is -2.94. The Kier molecular flexibility index (Phi) is 3.48. The number of rotatable bonds is 2. The monoisotopic (exact) mass is 355 g/mol. The average Bonchev–Trinajstić information content (AvgIpc) is 3.33. The maximum absolute atomic E-state index is 13.2. The fourth-order valence-electron chi connectivity index (χ4n) is 5.07. The molecule has 2 fully saturated rings. The Morgan fingerprint density at radius 2 is 1.37 bits per heavy atom. The lowest BCUT2D eigenvalue weighted by atomic mass is 9.85. The molecule has 1 aliphatic heterocycles. The molecule has 0 radical (unpaired) electrons. The van der Waals surface area contributed by atoms with E-state index in [2.05, 4.69) is 31.2 Å². The van der Waals surface area contributed by atoms with Crippen molar-refractivity contribution in [3.05, 3.63) is 83.4 Å². The molecule has 3 nitrogen and oxygen atoms in total. The van der Waals surface area contributed by atoms with E-state index in [0.717, 1.165) is 5.56 Å². The van der Waals surface area contributed by atoms with Gasteiger partial charge in [0, 0.05) is 11.8 Å². The highest BCUT2D eigenvalue weighted by molar-refractivity contribution is 6.23. The van der Waals surface area contributed by atoms with Gasteiger partial charge in [0.05, 0.1) is 17.5 Å². The molecule has 1 saturated carbocycles. The zero-order chi connectivity index (χ0) is 18.7. The number of carbonyl (C=O) groups is 2. The molecule has 0 N–H and O–H groups in total. The molecule has 134 valence electrons. The van der Waals surface area contributed by atoms with Crippen LogP contribution in [0.15, 0.2) is 72.3 Å². The molecule has 3 heteroatoms. The van der Waals surface area contributed by atoms with Crippen LogP contribution in [0.4, 0.5) is 5.69 Å². The zero-order valence-electron chi connectivity index (χ0n) is 15.4. The van der Waals surface area contributed by atoms with E-state index in [4.69, 9.17) is 0 Å². The molecule has 2 bridgehead atoms. The number of allylic oxidation sites excluding steroid dienone is 4. The van der Waals surface area contributed by atoms with Gasteiger partial charge in [-0.1, -0.05) is 65.8 Å². The average molecular weight is 355 g/mol. The minimum absolute atomic E-state index is 0.0344. The molecule has 4 atom stereocenters. The number of fused-ring (bicyclic) bond motifs is 5. The van der Waals surface area contributed by atoms with Gasteiger partial charge in [-0.3, -0.25) is 9.59 Å². The minimum atomic E-state index is -0.262. The first-order chi connectivity index (χ1) is 13.1. The first-order valence-electron chi connectivity index (χ1n) is 9.47. The third-order valence-corrected chi connectivity index (χ3v) is 6.35. The first kappa shape index (κ1) is 16.2. The van der Waals surface area contributed by atoms with Crippen LogP contribution in [-0.4, -0.2) is 11.8 Å². The van der Waals surface area contributed by atoms with Crippen LogP contribution in [0.3, 0.4) is 0 Å². The smallest absolute Gasteiger partial charge is 0.238 e. The molecule has 5 rings (SSSR count). The summed E-state index contributed by atoms with van der Waals surface area (Å²) < 4.78 is 0. The van der Waals surface area contributed by atoms with Crippen LogP contribution in [0, 0.1) is 30.6 Å². The Labute approximate surface area is 159 Å². The number of nitrogens with zero attached hydrogens (tertiary/aromatic N) is 1. The third-order valence-electron chi connectivity index (χ3n) is 6.35. The summed E-state index contributed by atoms with van der Waals surface area (Å²) in [6.45, 7) is 4.12. The van der Waals surface area contributed by atoms with Gasteiger partial charge in [-0.05, 0) is 37.1 Å². The second-order valence-corrected chi connectivity index (χ2v) is 7.78. The minimum Gasteiger partial charge on any atom is -0.274 e. The summed E-state index contributed by atoms with van der Waals surface area (Å²) >= 11 is 0. The molecular formula is C24H21NO2. The lowest BCUT2D eigenvalue weighted by molar-refractivity contribution is -0.122. The van der Waals surface area contributed by atoms with Crippen LogP contribution in [-0.2, 0) is 9.59 Å². The standard InChI is InChI=1S/C24H21NO2/c1-14-8-10-17(11-9-14)25-23(26)21-18-12-13-19(22(21)24(25)27)20(18)15(2)16-6-4-3-5-7-16/h3-13,18-19,21-22H,1-2H3/t18-,19-,21-,22-/m1/s1. The number of anilines is 1. The zero-order valence-corrected chi connectivity index (χ0v) is 15.4. The van der Waals surface area contributed by atoms with E-state index in [1.165, 1.54) is 21.6 Å². The highest BCUT2D eigenvalue weighted by Crippen LogP contribution is 2.58. The lowest BCUT2D eigenvalue weighted by Crippen LogP contribution is -2.33. The summed E-state index contributed by atoms with van der Waals surface area (Å²) in [6.07, 6.45) is 4.27. The van der Waals surface area contributed by atoms with Crippen LogP contribution in [0.25, 0.3) is 5.57 Å². The van der Waals surface area contributed by atoms with Crippen molar-refractivity contribution in [1.82, 2.24) is 0 Å². The summed E-state index contributed by atoms with van der Waals surface area (Å²) in [5.74, 6) is -0.558. The van der Waals surface area contributed by atoms with E-state index in [9.17, 15) is 9.59 Å². The molecule has 0 spiro atoms. The predicted octanol–water partition coefficient (Wildman–Crippen LogP) is 4.39. The van der Waals surface area contributed by atoms with Crippen molar-refractivity contribution < 1.29 is 9.59 Å². The van der Waals surface area contributed by atoms with Crippen LogP contribution in [0.2, 0.25) is 0 Å². The Balaban J connectivity index is 1.55. The number of hydrogen-bond acceptors (Lipinski definition) is 2. The van der Waals surface area contributed by atoms with Gasteiger partial charge in [-0.2, -0.15) is 0 Å². The van der Waals surface area contributed by atoms with Crippen LogP contribution < -0.4 is 4.90 Å². The van der Waals surface area contributed by atoms with Gasteiger partial charge in [0.15, 0.2) is 0 Å². The maximum Gasteiger partial charge on any atom is 0.238 e. The van der Waals surface area contributed by atoms with Crippen LogP contribution >= 0.6 is 0 Å². The predicted molar refractivity (Wildman–Crippen MR) is 106 cm³/mol. The molecule has 2 aliphatic carbocycles. The van der Waals surface area contributed by atoms with E-state index in [0.29, 0.717) is 5.69 Å². The topological polar surface area (TPSA) is 37.4 Å². The number of amides is 2. The number of aryl methyl sites for hydroxylation is 1. The first-order valence-corrected chi connectivity index (χ1v) is 9.47. The number of imide groups is 1. The van der Waals surface area contributed by atoms with Crippen molar-refractivity contribution in [3.63, 3.8) is 0 Å². The van der Waals surface area contributed by atoms with Crippen molar-refractivity contribution in [1.29, 1.82) is 0 Å². The Morgan fingerprint density at radius 3 is 1.93 bits per heavy atom. The highest BCUT2D eigenvalue weighted by atomic mass is 16.2. The van der Waals surface area contributed by atoms with Gasteiger partial charge >= 0.3 is 0 Å². The van der Waals surface area contributed by atoms with Crippen molar-refractivity contribution in [2.45, 2.75) is 13.8 Å². The number of carbonyl (C=O) groups excluding carboxylic acids is 2. The van der Waals surface area contributed by atoms with E-state index < -0.39 is 0 Å². The van der Waals surface area contributed by atoms with Gasteiger partial charge in [-0.15, -0.1) is 0 Å². The molecule has 27 heavy (non-hydrogen) atoms. The third kappa shape index (κ3) is 2.21. The summed E-state index contributed by atoms with van der Waals surface area (Å²) in [5.41, 5.74) is 5.42. The number of benzene rings is 2. The fourth-order valence-corrected chi connectivity index (χ4v) is 5.07. The van der Waals surface area contributed by atoms with Gasteiger partial charge in [0.1, 0.15) is 0 Å². The second-order valence-electron chi connectivity index (χ2n) is 7.78. The van der Waals surface area contributed by atoms with E-state index in [1.807, 2.05) is 49.4 Å². The Bertz CT molecular complexity index is 966. The second kappa shape index (κ2) is 5.78. The molecule has 2 aromatic rings. The SMILES string of the molecule is CC(=C1[C@H]2C=C[C@H]1[C@H]1C(=O)N(c3ccc(C)cc3)C(=O)[C@@H]12)c1ccccc1. The van der Waals surface area contributed by atoms with Crippen molar-refractivity contribution >= 4 is 23.1 Å². The normalized spacial score (nSPS) is 28.2. The molecule has 2 amide bonds. The van der Waals surface area contributed by atoms with E-state index >= 15 is 0 Å². The summed E-state index contributed by atoms with van der Waals surface area (Å²) in [6, 6.07) is 17.9.